The summed E-state index contributed by atoms with van der Waals surface area (Å²) in [6.07, 6.45) is 5.07. The molecule has 0 aromatic heterocycles. The largest absolute Gasteiger partial charge is 0.298 e. The number of hydrogen-bond acceptors (Lipinski definition) is 1. The summed E-state index contributed by atoms with van der Waals surface area (Å²) in [6.45, 7) is 11.1. The SMILES string of the molecule is C=CC(C)CC(C)CN=CC. The van der Waals surface area contributed by atoms with Gasteiger partial charge >= 0.3 is 0 Å². The second kappa shape index (κ2) is 6.14. The Balaban J connectivity index is 3.50. The molecule has 0 radical (unpaired) electrons. The molecule has 0 rings (SSSR count). The molecule has 0 spiro atoms. The Hall–Kier alpha value is -0.590. The van der Waals surface area contributed by atoms with E-state index < -0.39 is 0 Å². The van der Waals surface area contributed by atoms with Gasteiger partial charge in [0.2, 0.25) is 0 Å². The molecule has 1 nitrogen and oxygen atoms in total. The van der Waals surface area contributed by atoms with Crippen LogP contribution in [0.25, 0.3) is 0 Å². The zero-order chi connectivity index (χ0) is 8.69. The van der Waals surface area contributed by atoms with Crippen molar-refractivity contribution in [1.29, 1.82) is 0 Å². The molecule has 0 saturated heterocycles. The van der Waals surface area contributed by atoms with Crippen LogP contribution in [-0.2, 0) is 0 Å². The lowest BCUT2D eigenvalue weighted by Gasteiger charge is -2.11. The maximum absolute atomic E-state index is 4.20. The Labute approximate surface area is 70.2 Å². The zero-order valence-electron chi connectivity index (χ0n) is 7.88. The molecular weight excluding hydrogens is 134 g/mol. The normalized spacial score (nSPS) is 16.6. The van der Waals surface area contributed by atoms with Crippen LogP contribution in [0.2, 0.25) is 0 Å². The van der Waals surface area contributed by atoms with E-state index in [2.05, 4.69) is 25.4 Å². The molecule has 0 aliphatic rings. The van der Waals surface area contributed by atoms with E-state index in [4.69, 9.17) is 0 Å². The van der Waals surface area contributed by atoms with E-state index in [1.165, 1.54) is 6.42 Å². The lowest BCUT2D eigenvalue weighted by molar-refractivity contribution is 0.477. The lowest BCUT2D eigenvalue weighted by atomic mass is 9.98. The third-order valence-electron chi connectivity index (χ3n) is 1.78. The standard InChI is InChI=1S/C10H19N/c1-5-9(3)7-10(4)8-11-6-2/h5-6,9-10H,1,7-8H2,2-4H3. The van der Waals surface area contributed by atoms with Crippen LogP contribution in [0.5, 0.6) is 0 Å². The van der Waals surface area contributed by atoms with Crippen molar-refractivity contribution in [1.82, 2.24) is 0 Å². The van der Waals surface area contributed by atoms with Gasteiger partial charge in [-0.3, -0.25) is 4.99 Å². The minimum atomic E-state index is 0.622. The topological polar surface area (TPSA) is 12.4 Å². The third-order valence-corrected chi connectivity index (χ3v) is 1.78. The third kappa shape index (κ3) is 5.84. The Morgan fingerprint density at radius 1 is 1.45 bits per heavy atom. The van der Waals surface area contributed by atoms with Crippen LogP contribution in [0.1, 0.15) is 27.2 Å². The number of rotatable bonds is 5. The van der Waals surface area contributed by atoms with E-state index in [1.54, 1.807) is 0 Å². The predicted molar refractivity (Wildman–Crippen MR) is 52.2 cm³/mol. The maximum atomic E-state index is 4.20. The van der Waals surface area contributed by atoms with Crippen molar-refractivity contribution in [2.24, 2.45) is 16.8 Å². The number of allylic oxidation sites excluding steroid dienone is 1. The minimum absolute atomic E-state index is 0.622. The van der Waals surface area contributed by atoms with Crippen molar-refractivity contribution in [2.75, 3.05) is 6.54 Å². The molecule has 0 fully saturated rings. The fraction of sp³-hybridized carbons (Fsp3) is 0.700. The molecule has 2 unspecified atom stereocenters. The second-order valence-electron chi connectivity index (χ2n) is 3.18. The summed E-state index contributed by atoms with van der Waals surface area (Å²) in [4.78, 5) is 4.20. The van der Waals surface area contributed by atoms with Gasteiger partial charge in [0.1, 0.15) is 0 Å². The fourth-order valence-electron chi connectivity index (χ4n) is 1.09. The highest BCUT2D eigenvalue weighted by atomic mass is 14.7. The first-order valence-corrected chi connectivity index (χ1v) is 4.27. The van der Waals surface area contributed by atoms with Crippen LogP contribution in [-0.4, -0.2) is 12.8 Å². The summed E-state index contributed by atoms with van der Waals surface area (Å²) < 4.78 is 0. The van der Waals surface area contributed by atoms with Gasteiger partial charge < -0.3 is 0 Å². The van der Waals surface area contributed by atoms with Crippen molar-refractivity contribution >= 4 is 6.21 Å². The second-order valence-corrected chi connectivity index (χ2v) is 3.18. The highest BCUT2D eigenvalue weighted by Gasteiger charge is 2.03. The monoisotopic (exact) mass is 153 g/mol. The molecule has 11 heavy (non-hydrogen) atoms. The highest BCUT2D eigenvalue weighted by Crippen LogP contribution is 2.12. The summed E-state index contributed by atoms with van der Waals surface area (Å²) >= 11 is 0. The molecule has 0 aromatic rings. The zero-order valence-corrected chi connectivity index (χ0v) is 7.88. The van der Waals surface area contributed by atoms with E-state index in [0.29, 0.717) is 11.8 Å². The van der Waals surface area contributed by atoms with Crippen LogP contribution in [0, 0.1) is 11.8 Å². The number of hydrogen-bond donors (Lipinski definition) is 0. The molecule has 2 atom stereocenters. The highest BCUT2D eigenvalue weighted by molar-refractivity contribution is 5.53. The molecular formula is C10H19N. The summed E-state index contributed by atoms with van der Waals surface area (Å²) in [6, 6.07) is 0. The minimum Gasteiger partial charge on any atom is -0.298 e. The van der Waals surface area contributed by atoms with Crippen LogP contribution >= 0.6 is 0 Å². The molecule has 0 aliphatic heterocycles. The first-order valence-electron chi connectivity index (χ1n) is 4.27. The van der Waals surface area contributed by atoms with Crippen LogP contribution in [0.4, 0.5) is 0 Å². The van der Waals surface area contributed by atoms with Crippen molar-refractivity contribution in [3.8, 4) is 0 Å². The Bertz CT molecular complexity index is 127. The average Bonchev–Trinajstić information content (AvgIpc) is 2.00. The van der Waals surface area contributed by atoms with E-state index in [-0.39, 0.29) is 0 Å². The molecule has 0 aliphatic carbocycles. The van der Waals surface area contributed by atoms with Gasteiger partial charge in [-0.25, -0.2) is 0 Å². The smallest absolute Gasteiger partial charge is 0.0411 e. The Morgan fingerprint density at radius 3 is 2.55 bits per heavy atom. The van der Waals surface area contributed by atoms with Gasteiger partial charge in [-0.15, -0.1) is 6.58 Å². The Kier molecular flexibility index (Phi) is 5.81. The van der Waals surface area contributed by atoms with Crippen LogP contribution in [0.15, 0.2) is 17.6 Å². The molecule has 0 amide bonds. The van der Waals surface area contributed by atoms with Crippen LogP contribution in [0.3, 0.4) is 0 Å². The summed E-state index contributed by atoms with van der Waals surface area (Å²) in [5.41, 5.74) is 0. The van der Waals surface area contributed by atoms with Crippen LogP contribution < -0.4 is 0 Å². The summed E-state index contributed by atoms with van der Waals surface area (Å²) in [7, 11) is 0. The molecule has 0 aromatic carbocycles. The molecule has 64 valence electrons. The van der Waals surface area contributed by atoms with Gasteiger partial charge in [-0.05, 0) is 31.4 Å². The van der Waals surface area contributed by atoms with Gasteiger partial charge in [0, 0.05) is 6.54 Å². The van der Waals surface area contributed by atoms with E-state index in [1.807, 2.05) is 19.2 Å². The average molecular weight is 153 g/mol. The number of aliphatic imine (C=N–C) groups is 1. The van der Waals surface area contributed by atoms with Crippen molar-refractivity contribution in [2.45, 2.75) is 27.2 Å². The molecule has 0 saturated carbocycles. The van der Waals surface area contributed by atoms with Gasteiger partial charge in [-0.1, -0.05) is 19.9 Å². The molecule has 1 heteroatoms. The Morgan fingerprint density at radius 2 is 2.09 bits per heavy atom. The van der Waals surface area contributed by atoms with Crippen molar-refractivity contribution in [3.05, 3.63) is 12.7 Å². The van der Waals surface area contributed by atoms with Crippen molar-refractivity contribution in [3.63, 3.8) is 0 Å². The first-order chi connectivity index (χ1) is 5.20. The van der Waals surface area contributed by atoms with E-state index in [0.717, 1.165) is 6.54 Å². The molecule has 0 heterocycles. The van der Waals surface area contributed by atoms with Crippen molar-refractivity contribution < 1.29 is 0 Å². The van der Waals surface area contributed by atoms with Gasteiger partial charge in [-0.2, -0.15) is 0 Å². The molecule has 0 N–H and O–H groups in total. The van der Waals surface area contributed by atoms with E-state index in [9.17, 15) is 0 Å². The molecule has 0 bridgehead atoms. The van der Waals surface area contributed by atoms with Gasteiger partial charge in [0.15, 0.2) is 0 Å². The fourth-order valence-corrected chi connectivity index (χ4v) is 1.09. The summed E-state index contributed by atoms with van der Waals surface area (Å²) in [5.74, 6) is 1.30. The first kappa shape index (κ1) is 10.4. The maximum Gasteiger partial charge on any atom is 0.0411 e. The quantitative estimate of drug-likeness (QED) is 0.425. The summed E-state index contributed by atoms with van der Waals surface area (Å²) in [5, 5.41) is 0. The number of nitrogens with zero attached hydrogens (tertiary/aromatic N) is 1. The van der Waals surface area contributed by atoms with Gasteiger partial charge in [0.25, 0.3) is 0 Å². The lowest BCUT2D eigenvalue weighted by Crippen LogP contribution is -2.04. The van der Waals surface area contributed by atoms with E-state index >= 15 is 0 Å². The van der Waals surface area contributed by atoms with Gasteiger partial charge in [0.05, 0.1) is 0 Å². The predicted octanol–water partition coefficient (Wildman–Crippen LogP) is 2.93.